The number of carbonyl (C=O) groups excluding carboxylic acids is 1. The molecule has 1 heterocycles. The zero-order chi connectivity index (χ0) is 12.5. The van der Waals surface area contributed by atoms with E-state index in [-0.39, 0.29) is 30.7 Å². The van der Waals surface area contributed by atoms with Crippen LogP contribution in [0.5, 0.6) is 0 Å². The number of amides is 1. The van der Waals surface area contributed by atoms with Crippen LogP contribution < -0.4 is 10.6 Å². The first-order chi connectivity index (χ1) is 8.22. The molecule has 0 aliphatic heterocycles. The van der Waals surface area contributed by atoms with Crippen molar-refractivity contribution in [1.29, 1.82) is 0 Å². The molecule has 0 bridgehead atoms. The molecule has 1 aromatic heterocycles. The monoisotopic (exact) mass is 312 g/mol. The van der Waals surface area contributed by atoms with E-state index in [1.807, 2.05) is 13.2 Å². The number of methoxy groups -OCH3 is 1. The lowest BCUT2D eigenvalue weighted by Gasteiger charge is -2.05. The maximum absolute atomic E-state index is 11.5. The average Bonchev–Trinajstić information content (AvgIpc) is 2.69. The van der Waals surface area contributed by atoms with E-state index in [4.69, 9.17) is 4.74 Å². The van der Waals surface area contributed by atoms with Crippen LogP contribution in [0.2, 0.25) is 0 Å². The van der Waals surface area contributed by atoms with Crippen LogP contribution in [0, 0.1) is 0 Å². The van der Waals surface area contributed by atoms with Gasteiger partial charge in [0.25, 0.3) is 0 Å². The van der Waals surface area contributed by atoms with Crippen molar-refractivity contribution in [3.63, 3.8) is 0 Å². The third kappa shape index (κ3) is 9.72. The molecule has 0 saturated heterocycles. The van der Waals surface area contributed by atoms with Gasteiger partial charge in [0.05, 0.1) is 19.2 Å². The van der Waals surface area contributed by atoms with Gasteiger partial charge in [-0.3, -0.25) is 9.48 Å². The second-order valence-electron chi connectivity index (χ2n) is 3.79. The molecule has 0 unspecified atom stereocenters. The summed E-state index contributed by atoms with van der Waals surface area (Å²) in [5.41, 5.74) is 0.928. The van der Waals surface area contributed by atoms with Crippen LogP contribution in [0.4, 0.5) is 0 Å². The first kappa shape index (κ1) is 20.5. The molecule has 6 nitrogen and oxygen atoms in total. The zero-order valence-electron chi connectivity index (χ0n) is 11.2. The highest BCUT2D eigenvalue weighted by Crippen LogP contribution is 1.96. The number of carbonyl (C=O) groups is 1. The third-order valence-electron chi connectivity index (χ3n) is 2.23. The number of nitrogens with zero attached hydrogens (tertiary/aromatic N) is 2. The molecule has 0 atom stereocenters. The van der Waals surface area contributed by atoms with Crippen LogP contribution in [0.3, 0.4) is 0 Å². The molecule has 1 aromatic rings. The summed E-state index contributed by atoms with van der Waals surface area (Å²) >= 11 is 0. The van der Waals surface area contributed by atoms with Crippen molar-refractivity contribution < 1.29 is 9.53 Å². The van der Waals surface area contributed by atoms with Crippen LogP contribution in [0.25, 0.3) is 0 Å². The summed E-state index contributed by atoms with van der Waals surface area (Å²) in [5, 5.41) is 10.0. The Bertz CT molecular complexity index is 347. The van der Waals surface area contributed by atoms with Gasteiger partial charge in [-0.05, 0) is 5.56 Å². The second-order valence-corrected chi connectivity index (χ2v) is 3.79. The van der Waals surface area contributed by atoms with Gasteiger partial charge in [-0.25, -0.2) is 0 Å². The summed E-state index contributed by atoms with van der Waals surface area (Å²) < 4.78 is 6.58. The van der Waals surface area contributed by atoms with E-state index in [9.17, 15) is 4.79 Å². The molecule has 2 N–H and O–H groups in total. The Hall–Kier alpha value is -0.820. The molecule has 0 aliphatic rings. The molecule has 0 aliphatic carbocycles. The minimum absolute atomic E-state index is 0. The number of aryl methyl sites for hydroxylation is 1. The van der Waals surface area contributed by atoms with Crippen LogP contribution in [-0.4, -0.2) is 49.0 Å². The van der Waals surface area contributed by atoms with Gasteiger partial charge in [0.15, 0.2) is 0 Å². The van der Waals surface area contributed by atoms with E-state index in [0.29, 0.717) is 19.6 Å². The van der Waals surface area contributed by atoms with E-state index in [1.165, 1.54) is 0 Å². The van der Waals surface area contributed by atoms with Gasteiger partial charge in [-0.2, -0.15) is 5.10 Å². The molecule has 0 saturated carbocycles. The molecular formula is C11H22Cl2N4O2. The Morgan fingerprint density at radius 1 is 1.37 bits per heavy atom. The quantitative estimate of drug-likeness (QED) is 0.671. The van der Waals surface area contributed by atoms with Gasteiger partial charge in [0.1, 0.15) is 0 Å². The van der Waals surface area contributed by atoms with Gasteiger partial charge in [-0.15, -0.1) is 24.8 Å². The van der Waals surface area contributed by atoms with Crippen molar-refractivity contribution in [2.75, 3.05) is 33.4 Å². The average molecular weight is 313 g/mol. The summed E-state index contributed by atoms with van der Waals surface area (Å²) in [6.07, 6.45) is 3.93. The maximum atomic E-state index is 11.5. The minimum Gasteiger partial charge on any atom is -0.383 e. The highest BCUT2D eigenvalue weighted by atomic mass is 35.5. The van der Waals surface area contributed by atoms with Crippen molar-refractivity contribution >= 4 is 30.7 Å². The number of hydrogen-bond donors (Lipinski definition) is 2. The summed E-state index contributed by atoms with van der Waals surface area (Å²) in [4.78, 5) is 11.5. The predicted octanol–water partition coefficient (Wildman–Crippen LogP) is 0.158. The summed E-state index contributed by atoms with van der Waals surface area (Å²) in [6, 6.07) is 0. The Morgan fingerprint density at radius 2 is 2.11 bits per heavy atom. The number of rotatable bonds is 8. The fourth-order valence-electron chi connectivity index (χ4n) is 1.40. The molecule has 0 fully saturated rings. The smallest absolute Gasteiger partial charge is 0.224 e. The number of aromatic nitrogens is 2. The molecule has 1 amide bonds. The largest absolute Gasteiger partial charge is 0.383 e. The molecule has 0 spiro atoms. The van der Waals surface area contributed by atoms with Crippen molar-refractivity contribution in [1.82, 2.24) is 20.4 Å². The maximum Gasteiger partial charge on any atom is 0.224 e. The van der Waals surface area contributed by atoms with Crippen LogP contribution in [-0.2, 0) is 23.0 Å². The minimum atomic E-state index is 0. The zero-order valence-corrected chi connectivity index (χ0v) is 12.9. The van der Waals surface area contributed by atoms with Gasteiger partial charge >= 0.3 is 0 Å². The lowest BCUT2D eigenvalue weighted by atomic mass is 10.2. The summed E-state index contributed by atoms with van der Waals surface area (Å²) in [5.74, 6) is 0.0199. The van der Waals surface area contributed by atoms with E-state index < -0.39 is 0 Å². The van der Waals surface area contributed by atoms with Crippen molar-refractivity contribution in [2.24, 2.45) is 7.05 Å². The topological polar surface area (TPSA) is 68.2 Å². The van der Waals surface area contributed by atoms with Gasteiger partial charge in [0, 0.05) is 40.0 Å². The first-order valence-corrected chi connectivity index (χ1v) is 5.66. The molecule has 0 aromatic carbocycles. The van der Waals surface area contributed by atoms with Gasteiger partial charge in [-0.1, -0.05) is 0 Å². The molecule has 112 valence electrons. The van der Waals surface area contributed by atoms with Gasteiger partial charge < -0.3 is 15.4 Å². The van der Waals surface area contributed by atoms with E-state index >= 15 is 0 Å². The number of nitrogens with one attached hydrogen (secondary N) is 2. The standard InChI is InChI=1S/C11H20N4O2.2ClH/c1-15-9-10(8-14-15)7-11(16)13-4-3-12-5-6-17-2;;/h8-9,12H,3-7H2,1-2H3,(H,13,16);2*1H. The first-order valence-electron chi connectivity index (χ1n) is 5.66. The Morgan fingerprint density at radius 3 is 2.68 bits per heavy atom. The molecule has 1 rings (SSSR count). The van der Waals surface area contributed by atoms with Crippen molar-refractivity contribution in [3.05, 3.63) is 18.0 Å². The summed E-state index contributed by atoms with van der Waals surface area (Å²) in [7, 11) is 3.50. The lowest BCUT2D eigenvalue weighted by Crippen LogP contribution is -2.33. The third-order valence-corrected chi connectivity index (χ3v) is 2.23. The lowest BCUT2D eigenvalue weighted by molar-refractivity contribution is -0.120. The second kappa shape index (κ2) is 12.2. The molecule has 0 radical (unpaired) electrons. The van der Waals surface area contributed by atoms with Crippen molar-refractivity contribution in [3.8, 4) is 0 Å². The highest BCUT2D eigenvalue weighted by molar-refractivity contribution is 5.85. The fourth-order valence-corrected chi connectivity index (χ4v) is 1.40. The SMILES string of the molecule is COCCNCCNC(=O)Cc1cnn(C)c1.Cl.Cl. The normalized spacial score (nSPS) is 9.37. The van der Waals surface area contributed by atoms with E-state index in [2.05, 4.69) is 15.7 Å². The van der Waals surface area contributed by atoms with E-state index in [1.54, 1.807) is 18.0 Å². The number of ether oxygens (including phenoxy) is 1. The molecular weight excluding hydrogens is 291 g/mol. The van der Waals surface area contributed by atoms with Crippen LogP contribution in [0.1, 0.15) is 5.56 Å². The van der Waals surface area contributed by atoms with Crippen molar-refractivity contribution in [2.45, 2.75) is 6.42 Å². The predicted molar refractivity (Wildman–Crippen MR) is 79.2 cm³/mol. The Labute approximate surface area is 126 Å². The number of hydrogen-bond acceptors (Lipinski definition) is 4. The summed E-state index contributed by atoms with van der Waals surface area (Å²) in [6.45, 7) is 2.86. The molecule has 8 heteroatoms. The van der Waals surface area contributed by atoms with E-state index in [0.717, 1.165) is 18.7 Å². The Balaban J connectivity index is 0. The molecule has 19 heavy (non-hydrogen) atoms. The fraction of sp³-hybridized carbons (Fsp3) is 0.636. The van der Waals surface area contributed by atoms with Crippen LogP contribution in [0.15, 0.2) is 12.4 Å². The van der Waals surface area contributed by atoms with Crippen LogP contribution >= 0.6 is 24.8 Å². The van der Waals surface area contributed by atoms with Gasteiger partial charge in [0.2, 0.25) is 5.91 Å². The highest BCUT2D eigenvalue weighted by Gasteiger charge is 2.03. The number of halogens is 2. The Kier molecular flexibility index (Phi) is 13.2.